The molecular formula is C42H82N2O4+4. The van der Waals surface area contributed by atoms with Gasteiger partial charge in [0, 0.05) is 12.8 Å². The molecule has 0 unspecified atom stereocenters. The predicted octanol–water partition coefficient (Wildman–Crippen LogP) is 10.7. The van der Waals surface area contributed by atoms with E-state index in [0.717, 1.165) is 25.9 Å². The van der Waals surface area contributed by atoms with Crippen molar-refractivity contribution in [2.24, 2.45) is 0 Å². The van der Waals surface area contributed by atoms with Gasteiger partial charge >= 0.3 is 11.9 Å². The molecule has 280 valence electrons. The van der Waals surface area contributed by atoms with Crippen LogP contribution in [0, 0.1) is 0 Å². The Kier molecular flexibility index (Phi) is 40.1. The summed E-state index contributed by atoms with van der Waals surface area (Å²) in [6.07, 6.45) is 48.9. The molecule has 0 saturated heterocycles. The van der Waals surface area contributed by atoms with Crippen LogP contribution in [0.2, 0.25) is 0 Å². The van der Waals surface area contributed by atoms with E-state index >= 15 is 0 Å². The zero-order valence-corrected chi connectivity index (χ0v) is 32.1. The number of unbranched alkanes of at least 4 members (excludes halogenated alkanes) is 30. The molecule has 0 aromatic rings. The summed E-state index contributed by atoms with van der Waals surface area (Å²) < 4.78 is 0. The largest absolute Gasteiger partial charge is 0.662 e. The Labute approximate surface area is 298 Å². The van der Waals surface area contributed by atoms with Gasteiger partial charge in [0.15, 0.2) is 0 Å². The molecule has 0 aliphatic carbocycles. The van der Waals surface area contributed by atoms with E-state index < -0.39 is 11.9 Å². The fraction of sp³-hybridized carbons (Fsp3) is 0.857. The van der Waals surface area contributed by atoms with Gasteiger partial charge in [0.2, 0.25) is 0 Å². The van der Waals surface area contributed by atoms with Gasteiger partial charge in [-0.2, -0.15) is 0 Å². The van der Waals surface area contributed by atoms with E-state index in [2.05, 4.69) is 13.8 Å². The van der Waals surface area contributed by atoms with Gasteiger partial charge in [-0.25, -0.2) is 0 Å². The standard InChI is InChI=1S/C42H80N2O4/c1-3-5-7-9-11-13-15-17-19-21-23-25-27-29-31-35-39-43-47-41(45)37-33-34-38-42(46)48-44-40-36-32-30-28-26-24-22-20-18-16-14-12-10-8-6-4-2/h33-34,37-38,43-44H,3-32,35-36,39-40H2,1-2H3/q+2/p+2/b37-33-,38-34-. The number of nitrogens with two attached hydrogens (primary N) is 2. The summed E-state index contributed by atoms with van der Waals surface area (Å²) >= 11 is 0. The highest BCUT2D eigenvalue weighted by molar-refractivity contribution is 5.83. The molecule has 2 radical (unpaired) electrons. The molecule has 0 fully saturated rings. The fourth-order valence-corrected chi connectivity index (χ4v) is 6.18. The lowest BCUT2D eigenvalue weighted by Gasteiger charge is -2.03. The Bertz CT molecular complexity index is 664. The first kappa shape index (κ1) is 46.3. The number of hydroxylamine groups is 2. The second-order valence-electron chi connectivity index (χ2n) is 14.1. The van der Waals surface area contributed by atoms with E-state index in [-0.39, 0.29) is 0 Å². The number of allylic oxidation sites excluding steroid dienone is 2. The lowest BCUT2D eigenvalue weighted by atomic mass is 10.0. The zero-order chi connectivity index (χ0) is 34.9. The van der Waals surface area contributed by atoms with Crippen molar-refractivity contribution in [1.29, 1.82) is 0 Å². The minimum Gasteiger partial charge on any atom is -0.0846 e. The maximum absolute atomic E-state index is 11.8. The summed E-state index contributed by atoms with van der Waals surface area (Å²) in [6.45, 7) is 6.13. The van der Waals surface area contributed by atoms with Gasteiger partial charge in [-0.3, -0.25) is 0 Å². The van der Waals surface area contributed by atoms with Crippen molar-refractivity contribution in [3.8, 4) is 0 Å². The van der Waals surface area contributed by atoms with Crippen molar-refractivity contribution < 1.29 is 30.2 Å². The Balaban J connectivity index is 3.37. The maximum Gasteiger partial charge on any atom is 0.662 e. The molecule has 6 heteroatoms. The van der Waals surface area contributed by atoms with Gasteiger partial charge in [0.05, 0.1) is 9.59 Å². The van der Waals surface area contributed by atoms with Crippen LogP contribution in [0.5, 0.6) is 0 Å². The van der Waals surface area contributed by atoms with Gasteiger partial charge in [-0.1, -0.05) is 214 Å². The highest BCUT2D eigenvalue weighted by atomic mass is 16.7. The van der Waals surface area contributed by atoms with Gasteiger partial charge in [-0.05, 0) is 25.0 Å². The first-order chi connectivity index (χ1) is 23.7. The third-order valence-electron chi connectivity index (χ3n) is 9.33. The average molecular weight is 679 g/mol. The van der Waals surface area contributed by atoms with Crippen molar-refractivity contribution in [1.82, 2.24) is 0 Å². The highest BCUT2D eigenvalue weighted by Gasteiger charge is 2.17. The van der Waals surface area contributed by atoms with E-state index in [0.29, 0.717) is 0 Å². The maximum atomic E-state index is 11.8. The van der Waals surface area contributed by atoms with Crippen LogP contribution >= 0.6 is 0 Å². The summed E-state index contributed by atoms with van der Waals surface area (Å²) in [5, 5.41) is 0. The Hall–Kier alpha value is -1.66. The van der Waals surface area contributed by atoms with E-state index in [1.54, 1.807) is 11.0 Å². The van der Waals surface area contributed by atoms with Gasteiger partial charge in [0.1, 0.15) is 25.2 Å². The fourth-order valence-electron chi connectivity index (χ4n) is 6.18. The van der Waals surface area contributed by atoms with E-state index in [1.165, 1.54) is 217 Å². The summed E-state index contributed by atoms with van der Waals surface area (Å²) in [7, 11) is 0. The van der Waals surface area contributed by atoms with Crippen LogP contribution < -0.4 is 11.0 Å². The van der Waals surface area contributed by atoms with Crippen molar-refractivity contribution >= 4 is 11.9 Å². The molecule has 0 atom stereocenters. The quantitative estimate of drug-likeness (QED) is 0.0222. The third kappa shape index (κ3) is 40.5. The molecule has 0 heterocycles. The zero-order valence-electron chi connectivity index (χ0n) is 32.1. The summed E-state index contributed by atoms with van der Waals surface area (Å²) in [4.78, 5) is 33.9. The predicted molar refractivity (Wildman–Crippen MR) is 203 cm³/mol. The molecule has 0 saturated carbocycles. The van der Waals surface area contributed by atoms with Crippen molar-refractivity contribution in [3.63, 3.8) is 0 Å². The van der Waals surface area contributed by atoms with Gasteiger partial charge in [0.25, 0.3) is 0 Å². The third-order valence-corrected chi connectivity index (χ3v) is 9.33. The average Bonchev–Trinajstić information content (AvgIpc) is 3.09. The van der Waals surface area contributed by atoms with E-state index in [1.807, 2.05) is 0 Å². The molecule has 0 bridgehead atoms. The normalized spacial score (nSPS) is 11.6. The molecule has 0 rings (SSSR count). The first-order valence-corrected chi connectivity index (χ1v) is 21.1. The molecule has 4 N–H and O–H groups in total. The summed E-state index contributed by atoms with van der Waals surface area (Å²) in [5.74, 6) is -0.834. The molecule has 0 aromatic carbocycles. The van der Waals surface area contributed by atoms with Crippen LogP contribution in [0.15, 0.2) is 24.3 Å². The number of carbonyl (C=O) groups excluding carboxylic acids is 2. The van der Waals surface area contributed by atoms with Crippen LogP contribution in [0.1, 0.15) is 219 Å². The van der Waals surface area contributed by atoms with Gasteiger partial charge < -0.3 is 0 Å². The number of hydrogen-bond acceptors (Lipinski definition) is 4. The number of carbonyl (C=O) groups is 2. The van der Waals surface area contributed by atoms with Crippen LogP contribution in [-0.4, -0.2) is 25.0 Å². The Morgan fingerprint density at radius 1 is 0.354 bits per heavy atom. The van der Waals surface area contributed by atoms with Crippen LogP contribution in [0.3, 0.4) is 0 Å². The van der Waals surface area contributed by atoms with Crippen LogP contribution in [0.4, 0.5) is 0 Å². The molecule has 0 aliphatic rings. The second-order valence-corrected chi connectivity index (χ2v) is 14.1. The molecule has 0 aromatic heterocycles. The minimum atomic E-state index is -0.417. The Morgan fingerprint density at radius 3 is 0.792 bits per heavy atom. The molecule has 0 spiro atoms. The lowest BCUT2D eigenvalue weighted by molar-refractivity contribution is -0.871. The molecule has 0 aliphatic heterocycles. The molecule has 0 amide bonds. The summed E-state index contributed by atoms with van der Waals surface area (Å²) in [5.41, 5.74) is 3.20. The topological polar surface area (TPSA) is 91.5 Å². The SMILES string of the molecule is CCCCCCCCCCCCCCCCCC[NH2+]OC(=[O+])/C=C\C=C/C(=[O+])O[NH2+]CCCCCCCCCCCCCCCCCC. The van der Waals surface area contributed by atoms with Crippen molar-refractivity contribution in [2.45, 2.75) is 219 Å². The number of rotatable bonds is 39. The van der Waals surface area contributed by atoms with Crippen LogP contribution in [0.25, 0.3) is 0 Å². The van der Waals surface area contributed by atoms with Crippen LogP contribution in [-0.2, 0) is 19.3 Å². The molecular weight excluding hydrogens is 596 g/mol. The van der Waals surface area contributed by atoms with E-state index in [9.17, 15) is 9.59 Å². The van der Waals surface area contributed by atoms with E-state index in [4.69, 9.17) is 9.68 Å². The molecule has 6 nitrogen and oxygen atoms in total. The van der Waals surface area contributed by atoms with Crippen molar-refractivity contribution in [3.05, 3.63) is 24.3 Å². The second kappa shape index (κ2) is 41.5. The number of quaternary nitrogens is 2. The monoisotopic (exact) mass is 679 g/mol. The van der Waals surface area contributed by atoms with Gasteiger partial charge in [-0.15, -0.1) is 0 Å². The first-order valence-electron chi connectivity index (χ1n) is 21.1. The smallest absolute Gasteiger partial charge is 0.0846 e. The Morgan fingerprint density at radius 2 is 0.562 bits per heavy atom. The highest BCUT2D eigenvalue weighted by Crippen LogP contribution is 2.15. The number of hydrogen-bond donors (Lipinski definition) is 2. The lowest BCUT2D eigenvalue weighted by Crippen LogP contribution is -2.84. The van der Waals surface area contributed by atoms with Crippen molar-refractivity contribution in [2.75, 3.05) is 13.1 Å². The molecule has 48 heavy (non-hydrogen) atoms. The minimum absolute atomic E-state index is 0.417. The summed E-state index contributed by atoms with van der Waals surface area (Å²) in [6, 6.07) is 0.